The molecule has 0 aromatic carbocycles. The monoisotopic (exact) mass is 959 g/mol. The molecule has 28 atom stereocenters. The van der Waals surface area contributed by atoms with E-state index in [0.29, 0.717) is 12.8 Å². The summed E-state index contributed by atoms with van der Waals surface area (Å²) in [5.41, 5.74) is -0.206. The van der Waals surface area contributed by atoms with Crippen molar-refractivity contribution in [3.8, 4) is 0 Å². The third-order valence-electron chi connectivity index (χ3n) is 19.6. The molecule has 12 N–H and O–H groups in total. The lowest BCUT2D eigenvalue weighted by Crippen LogP contribution is -2.67. The molecule has 3 heterocycles. The van der Waals surface area contributed by atoms with Crippen LogP contribution in [0.25, 0.3) is 0 Å². The Hall–Kier alpha value is -1.47. The van der Waals surface area contributed by atoms with E-state index in [9.17, 15) is 66.1 Å². The van der Waals surface area contributed by atoms with Crippen molar-refractivity contribution in [2.75, 3.05) is 19.8 Å². The normalized spacial score (nSPS) is 56.7. The highest BCUT2D eigenvalue weighted by Gasteiger charge is 2.69. The molecule has 0 spiro atoms. The predicted octanol–water partition coefficient (Wildman–Crippen LogP) is -1.18. The molecule has 3 saturated heterocycles. The molecule has 0 aromatic heterocycles. The second kappa shape index (κ2) is 18.9. The average Bonchev–Trinajstić information content (AvgIpc) is 3.29. The third-order valence-corrected chi connectivity index (χ3v) is 19.6. The summed E-state index contributed by atoms with van der Waals surface area (Å²) in [5.74, 6) is -0.685. The van der Waals surface area contributed by atoms with Gasteiger partial charge in [0.05, 0.1) is 44.1 Å². The van der Waals surface area contributed by atoms with E-state index in [1.165, 1.54) is 12.5 Å². The highest BCUT2D eigenvalue weighted by molar-refractivity contribution is 5.73. The van der Waals surface area contributed by atoms with E-state index in [0.717, 1.165) is 32.1 Å². The first-order valence-electron chi connectivity index (χ1n) is 24.6. The van der Waals surface area contributed by atoms with E-state index < -0.39 is 135 Å². The SMILES string of the molecule is C[C@H]1[C@H](C)C[C@@H](C(=O)O[C@@H]2O[C@H](CO[C@@H]3O[C@H](CO)[C@@H](O[C@@H]4O[C@H](C)[C@H](O)[C@@H](O)[C@H]4O)[C@H](O)[C@H]3O)[C@@H](O)[C@H](O)[C@H]2O)C2CC[C@]3(C)C(=CC[C@@H]4[C@@]5(C)C[C@@H](O)[C@H](O)[C@@](C)(CO)[C@@H]5CC[C@]43C)[C@@H]21. The molecule has 1 unspecified atom stereocenters. The maximum absolute atomic E-state index is 14.5. The van der Waals surface area contributed by atoms with E-state index in [1.807, 2.05) is 6.92 Å². The number of aliphatic hydroxyl groups excluding tert-OH is 12. The molecule has 7 fully saturated rings. The van der Waals surface area contributed by atoms with E-state index >= 15 is 0 Å². The Morgan fingerprint density at radius 1 is 0.731 bits per heavy atom. The van der Waals surface area contributed by atoms with Gasteiger partial charge in [-0.2, -0.15) is 0 Å². The Balaban J connectivity index is 0.945. The zero-order valence-corrected chi connectivity index (χ0v) is 39.7. The van der Waals surface area contributed by atoms with Crippen molar-refractivity contribution < 1.29 is 94.5 Å². The van der Waals surface area contributed by atoms with Gasteiger partial charge in [-0.1, -0.05) is 53.2 Å². The largest absolute Gasteiger partial charge is 0.432 e. The lowest BCUT2D eigenvalue weighted by atomic mass is 9.34. The molecule has 0 aromatic rings. The molecule has 0 amide bonds. The summed E-state index contributed by atoms with van der Waals surface area (Å²) >= 11 is 0. The van der Waals surface area contributed by atoms with Crippen LogP contribution in [0.2, 0.25) is 0 Å². The fourth-order valence-electron chi connectivity index (χ4n) is 15.2. The summed E-state index contributed by atoms with van der Waals surface area (Å²) in [7, 11) is 0. The Labute approximate surface area is 392 Å². The fourth-order valence-corrected chi connectivity index (χ4v) is 15.2. The van der Waals surface area contributed by atoms with Crippen LogP contribution in [-0.2, 0) is 33.2 Å². The van der Waals surface area contributed by atoms with Gasteiger partial charge in [0, 0.05) is 5.41 Å². The number of aliphatic hydroxyl groups is 12. The molecule has 384 valence electrons. The third kappa shape index (κ3) is 8.19. The number of allylic oxidation sites excluding steroid dienone is 2. The van der Waals surface area contributed by atoms with Crippen LogP contribution in [0.1, 0.15) is 93.4 Å². The van der Waals surface area contributed by atoms with Gasteiger partial charge in [-0.25, -0.2) is 0 Å². The lowest BCUT2D eigenvalue weighted by molar-refractivity contribution is -0.361. The van der Waals surface area contributed by atoms with Crippen LogP contribution >= 0.6 is 0 Å². The van der Waals surface area contributed by atoms with Crippen molar-refractivity contribution >= 4 is 5.97 Å². The number of esters is 1. The van der Waals surface area contributed by atoms with E-state index in [4.69, 9.17) is 28.4 Å². The number of fused-ring (bicyclic) bond motifs is 7. The molecule has 4 saturated carbocycles. The standard InChI is InChI=1S/C48H78O19/c1-19-14-23(22-10-12-47(6)24(30(22)20(19)2)8-9-29-45(4)15-25(51)40(60)46(5,18-50)28(45)11-13-48(29,47)7)41(61)67-44-37(58)34(55)32(53)27(65-44)17-62-42-38(59)35(56)39(26(16-49)64-42)66-43-36(57)33(54)31(52)21(3)63-43/h8,19-23,25-40,42-44,49-60H,9-18H2,1-7H3/t19-,20+,21-,22?,23-,25-,26-,27-,28-,29-,30-,31+,32-,33-,34+,35-,36-,37-,38-,39-,40+,42-,43+,44+,45+,46+,47-,48-/m1/s1. The molecule has 5 aliphatic carbocycles. The Morgan fingerprint density at radius 3 is 2.04 bits per heavy atom. The number of hydrogen-bond acceptors (Lipinski definition) is 19. The zero-order chi connectivity index (χ0) is 49.0. The van der Waals surface area contributed by atoms with E-state index in [-0.39, 0.29) is 58.4 Å². The van der Waals surface area contributed by atoms with Gasteiger partial charge in [0.15, 0.2) is 12.6 Å². The topological polar surface area (TPSA) is 315 Å². The molecule has 0 bridgehead atoms. The summed E-state index contributed by atoms with van der Waals surface area (Å²) in [6.07, 6.45) is -18.8. The summed E-state index contributed by atoms with van der Waals surface area (Å²) in [6, 6.07) is 0. The molecule has 3 aliphatic heterocycles. The first-order chi connectivity index (χ1) is 31.4. The maximum atomic E-state index is 14.5. The Bertz CT molecular complexity index is 1800. The van der Waals surface area contributed by atoms with Crippen LogP contribution < -0.4 is 0 Å². The molecular weight excluding hydrogens is 881 g/mol. The number of ether oxygens (including phenoxy) is 6. The number of carbonyl (C=O) groups is 1. The van der Waals surface area contributed by atoms with Gasteiger partial charge in [0.2, 0.25) is 6.29 Å². The first-order valence-corrected chi connectivity index (χ1v) is 24.6. The molecule has 8 rings (SSSR count). The molecule has 67 heavy (non-hydrogen) atoms. The first kappa shape index (κ1) is 51.9. The summed E-state index contributed by atoms with van der Waals surface area (Å²) < 4.78 is 34.4. The quantitative estimate of drug-likeness (QED) is 0.0957. The minimum atomic E-state index is -1.85. The highest BCUT2D eigenvalue weighted by Crippen LogP contribution is 2.74. The van der Waals surface area contributed by atoms with Crippen molar-refractivity contribution in [1.29, 1.82) is 0 Å². The summed E-state index contributed by atoms with van der Waals surface area (Å²) in [6.45, 7) is 13.1. The van der Waals surface area contributed by atoms with Gasteiger partial charge in [-0.05, 0) is 104 Å². The minimum Gasteiger partial charge on any atom is -0.432 e. The van der Waals surface area contributed by atoms with E-state index in [2.05, 4.69) is 40.7 Å². The lowest BCUT2D eigenvalue weighted by Gasteiger charge is -2.71. The molecule has 8 aliphatic rings. The fraction of sp³-hybridized carbons (Fsp3) is 0.938. The van der Waals surface area contributed by atoms with Gasteiger partial charge in [0.1, 0.15) is 67.1 Å². The number of rotatable bonds is 9. The Kier molecular flexibility index (Phi) is 14.6. The number of hydrogen-bond donors (Lipinski definition) is 12. The summed E-state index contributed by atoms with van der Waals surface area (Å²) in [5, 5.41) is 129. The maximum Gasteiger partial charge on any atom is 0.311 e. The minimum absolute atomic E-state index is 0.0243. The van der Waals surface area contributed by atoms with Crippen LogP contribution in [-0.4, -0.2) is 191 Å². The number of carbonyl (C=O) groups excluding carboxylic acids is 1. The van der Waals surface area contributed by atoms with Crippen molar-refractivity contribution in [2.24, 2.45) is 63.1 Å². The van der Waals surface area contributed by atoms with Crippen LogP contribution in [0.15, 0.2) is 11.6 Å². The van der Waals surface area contributed by atoms with Crippen LogP contribution in [0.5, 0.6) is 0 Å². The van der Waals surface area contributed by atoms with Crippen molar-refractivity contribution in [2.45, 2.75) is 198 Å². The van der Waals surface area contributed by atoms with Gasteiger partial charge >= 0.3 is 5.97 Å². The van der Waals surface area contributed by atoms with Crippen molar-refractivity contribution in [1.82, 2.24) is 0 Å². The Morgan fingerprint density at radius 2 is 1.37 bits per heavy atom. The van der Waals surface area contributed by atoms with Crippen LogP contribution in [0.3, 0.4) is 0 Å². The van der Waals surface area contributed by atoms with Crippen LogP contribution in [0.4, 0.5) is 0 Å². The van der Waals surface area contributed by atoms with Crippen molar-refractivity contribution in [3.63, 3.8) is 0 Å². The van der Waals surface area contributed by atoms with Gasteiger partial charge in [0.25, 0.3) is 0 Å². The van der Waals surface area contributed by atoms with Gasteiger partial charge < -0.3 is 89.7 Å². The molecular formula is C48H78O19. The second-order valence-corrected chi connectivity index (χ2v) is 22.9. The highest BCUT2D eigenvalue weighted by atomic mass is 16.8. The second-order valence-electron chi connectivity index (χ2n) is 22.9. The molecule has 19 nitrogen and oxygen atoms in total. The van der Waals surface area contributed by atoms with Gasteiger partial charge in [-0.3, -0.25) is 4.79 Å². The average molecular weight is 959 g/mol. The van der Waals surface area contributed by atoms with Crippen molar-refractivity contribution in [3.05, 3.63) is 11.6 Å². The smallest absolute Gasteiger partial charge is 0.311 e. The van der Waals surface area contributed by atoms with Crippen LogP contribution in [0, 0.1) is 63.1 Å². The molecule has 19 heteroatoms. The summed E-state index contributed by atoms with van der Waals surface area (Å²) in [4.78, 5) is 14.5. The van der Waals surface area contributed by atoms with Gasteiger partial charge in [-0.15, -0.1) is 0 Å². The van der Waals surface area contributed by atoms with E-state index in [1.54, 1.807) is 0 Å². The zero-order valence-electron chi connectivity index (χ0n) is 39.7. The predicted molar refractivity (Wildman–Crippen MR) is 231 cm³/mol. The molecule has 0 radical (unpaired) electrons.